The number of aryl methyl sites for hydroxylation is 1. The van der Waals surface area contributed by atoms with Gasteiger partial charge in [-0.25, -0.2) is 0 Å². The summed E-state index contributed by atoms with van der Waals surface area (Å²) in [5.41, 5.74) is 7.13. The molecule has 0 saturated carbocycles. The first kappa shape index (κ1) is 23.3. The lowest BCUT2D eigenvalue weighted by atomic mass is 9.92. The Bertz CT molecular complexity index is 1120. The van der Waals surface area contributed by atoms with Gasteiger partial charge in [0.25, 0.3) is 5.91 Å². The van der Waals surface area contributed by atoms with Gasteiger partial charge in [0.15, 0.2) is 0 Å². The van der Waals surface area contributed by atoms with Gasteiger partial charge in [0.2, 0.25) is 5.91 Å². The Kier molecular flexibility index (Phi) is 7.18. The molecule has 3 aliphatic rings. The number of nitrogens with zero attached hydrogens (tertiary/aromatic N) is 1. The van der Waals surface area contributed by atoms with E-state index in [-0.39, 0.29) is 11.8 Å². The summed E-state index contributed by atoms with van der Waals surface area (Å²) < 4.78 is 6.32. The smallest absolute Gasteiger partial charge is 0.256 e. The summed E-state index contributed by atoms with van der Waals surface area (Å²) in [4.78, 5) is 31.2. The number of carbonyl (C=O) groups is 2. The molecule has 3 N–H and O–H groups in total. The number of H-pyrrole nitrogens is 1. The van der Waals surface area contributed by atoms with Crippen LogP contribution in [0.2, 0.25) is 0 Å². The molecule has 8 heteroatoms. The van der Waals surface area contributed by atoms with E-state index in [0.29, 0.717) is 25.0 Å². The van der Waals surface area contributed by atoms with Crippen molar-refractivity contribution < 1.29 is 14.3 Å². The Hall–Kier alpha value is -2.42. The van der Waals surface area contributed by atoms with Crippen LogP contribution < -0.4 is 10.6 Å². The third-order valence-corrected chi connectivity index (χ3v) is 7.45. The molecule has 0 spiro atoms. The van der Waals surface area contributed by atoms with E-state index in [1.807, 2.05) is 24.3 Å². The molecular formula is C26H31BrN4O3. The van der Waals surface area contributed by atoms with Gasteiger partial charge in [-0.05, 0) is 67.5 Å². The molecule has 1 fully saturated rings. The fraction of sp³-hybridized carbons (Fsp3) is 0.462. The van der Waals surface area contributed by atoms with Crippen LogP contribution in [0.1, 0.15) is 47.3 Å². The van der Waals surface area contributed by atoms with Gasteiger partial charge >= 0.3 is 0 Å². The fourth-order valence-electron chi connectivity index (χ4n) is 5.14. The summed E-state index contributed by atoms with van der Waals surface area (Å²) in [5, 5.41) is 6.03. The summed E-state index contributed by atoms with van der Waals surface area (Å²) in [5.74, 6) is -0.0158. The lowest BCUT2D eigenvalue weighted by molar-refractivity contribution is -0.121. The van der Waals surface area contributed by atoms with Crippen LogP contribution in [-0.4, -0.2) is 61.1 Å². The highest BCUT2D eigenvalue weighted by atomic mass is 79.9. The number of nitrogens with one attached hydrogen (secondary N) is 3. The average Bonchev–Trinajstić information content (AvgIpc) is 3.35. The van der Waals surface area contributed by atoms with Crippen molar-refractivity contribution in [3.63, 3.8) is 0 Å². The number of hydrogen-bond acceptors (Lipinski definition) is 4. The number of rotatable bonds is 7. The van der Waals surface area contributed by atoms with Crippen LogP contribution in [0.25, 0.3) is 11.6 Å². The predicted octanol–water partition coefficient (Wildman–Crippen LogP) is 3.53. The van der Waals surface area contributed by atoms with Gasteiger partial charge in [0.1, 0.15) is 0 Å². The van der Waals surface area contributed by atoms with Gasteiger partial charge in [0, 0.05) is 59.7 Å². The maximum absolute atomic E-state index is 12.7. The first-order chi connectivity index (χ1) is 16.6. The molecule has 7 nitrogen and oxygen atoms in total. The van der Waals surface area contributed by atoms with E-state index in [1.165, 1.54) is 23.2 Å². The van der Waals surface area contributed by atoms with Gasteiger partial charge < -0.3 is 20.4 Å². The van der Waals surface area contributed by atoms with Crippen molar-refractivity contribution in [1.29, 1.82) is 0 Å². The number of carbonyl (C=O) groups excluding carboxylic acids is 2. The highest BCUT2D eigenvalue weighted by molar-refractivity contribution is 9.10. The lowest BCUT2D eigenvalue weighted by Crippen LogP contribution is -2.41. The Morgan fingerprint density at radius 1 is 1.21 bits per heavy atom. The molecule has 1 saturated heterocycles. The molecule has 1 aliphatic carbocycles. The molecule has 34 heavy (non-hydrogen) atoms. The molecule has 0 radical (unpaired) electrons. The van der Waals surface area contributed by atoms with Crippen LogP contribution in [0, 0.1) is 0 Å². The number of aromatic nitrogens is 1. The van der Waals surface area contributed by atoms with E-state index >= 15 is 0 Å². The van der Waals surface area contributed by atoms with Gasteiger partial charge in [-0.2, -0.15) is 0 Å². The Morgan fingerprint density at radius 2 is 2.03 bits per heavy atom. The first-order valence-electron chi connectivity index (χ1n) is 12.2. The number of morpholine rings is 1. The van der Waals surface area contributed by atoms with Crippen LogP contribution >= 0.6 is 15.9 Å². The fourth-order valence-corrected chi connectivity index (χ4v) is 5.50. The van der Waals surface area contributed by atoms with E-state index in [2.05, 4.69) is 36.4 Å². The third kappa shape index (κ3) is 5.14. The van der Waals surface area contributed by atoms with Crippen LogP contribution in [0.5, 0.6) is 0 Å². The van der Waals surface area contributed by atoms with E-state index in [4.69, 9.17) is 4.74 Å². The monoisotopic (exact) mass is 526 g/mol. The molecule has 180 valence electrons. The van der Waals surface area contributed by atoms with Gasteiger partial charge in [-0.3, -0.25) is 14.5 Å². The number of hydrogen-bond donors (Lipinski definition) is 3. The normalized spacial score (nSPS) is 19.1. The van der Waals surface area contributed by atoms with Crippen molar-refractivity contribution in [2.24, 2.45) is 0 Å². The summed E-state index contributed by atoms with van der Waals surface area (Å²) in [7, 11) is 0. The minimum atomic E-state index is -0.0903. The minimum Gasteiger partial charge on any atom is -0.379 e. The summed E-state index contributed by atoms with van der Waals surface area (Å²) in [6.45, 7) is 4.91. The van der Waals surface area contributed by atoms with Crippen molar-refractivity contribution in [1.82, 2.24) is 15.2 Å². The Morgan fingerprint density at radius 3 is 2.88 bits per heavy atom. The largest absolute Gasteiger partial charge is 0.379 e. The Balaban J connectivity index is 1.30. The highest BCUT2D eigenvalue weighted by Crippen LogP contribution is 2.37. The van der Waals surface area contributed by atoms with Crippen LogP contribution in [0.15, 0.2) is 22.7 Å². The third-order valence-electron chi connectivity index (χ3n) is 6.95. The van der Waals surface area contributed by atoms with E-state index in [9.17, 15) is 9.59 Å². The minimum absolute atomic E-state index is 0.0745. The van der Waals surface area contributed by atoms with E-state index in [0.717, 1.165) is 73.5 Å². The first-order valence-corrected chi connectivity index (χ1v) is 13.0. The van der Waals surface area contributed by atoms with Crippen LogP contribution in [-0.2, 0) is 33.6 Å². The van der Waals surface area contributed by atoms with Crippen LogP contribution in [0.3, 0.4) is 0 Å². The number of ether oxygens (including phenoxy) is 1. The molecule has 2 aliphatic heterocycles. The van der Waals surface area contributed by atoms with Crippen molar-refractivity contribution in [2.45, 2.75) is 38.5 Å². The van der Waals surface area contributed by atoms with Crippen molar-refractivity contribution in [3.8, 4) is 0 Å². The summed E-state index contributed by atoms with van der Waals surface area (Å²) in [6, 6.07) is 5.82. The number of benzene rings is 1. The van der Waals surface area contributed by atoms with Crippen molar-refractivity contribution >= 4 is 45.1 Å². The summed E-state index contributed by atoms with van der Waals surface area (Å²) >= 11 is 3.52. The predicted molar refractivity (Wildman–Crippen MR) is 137 cm³/mol. The maximum Gasteiger partial charge on any atom is 0.256 e. The molecule has 2 aromatic rings. The summed E-state index contributed by atoms with van der Waals surface area (Å²) in [6.07, 6.45) is 7.46. The molecule has 0 bridgehead atoms. The topological polar surface area (TPSA) is 86.5 Å². The molecule has 2 amide bonds. The van der Waals surface area contributed by atoms with Crippen molar-refractivity contribution in [2.75, 3.05) is 44.7 Å². The number of halogens is 1. The van der Waals surface area contributed by atoms with Gasteiger partial charge in [-0.15, -0.1) is 0 Å². The average molecular weight is 527 g/mol. The molecule has 0 atom stereocenters. The lowest BCUT2D eigenvalue weighted by Gasteiger charge is -2.26. The zero-order chi connectivity index (χ0) is 23.5. The second kappa shape index (κ2) is 10.5. The number of fused-ring (bicyclic) bond motifs is 2. The zero-order valence-corrected chi connectivity index (χ0v) is 20.9. The molecule has 1 aromatic carbocycles. The number of aromatic amines is 1. The second-order valence-corrected chi connectivity index (χ2v) is 10.1. The SMILES string of the molecule is O=C(CCc1c(/C=C2\C(=O)Nc3ccc(Br)cc32)[nH]c2c1CCCC2)NCCN1CCOCC1. The molecule has 0 unspecified atom stereocenters. The Labute approximate surface area is 208 Å². The quantitative estimate of drug-likeness (QED) is 0.481. The van der Waals surface area contributed by atoms with E-state index in [1.54, 1.807) is 0 Å². The standard InChI is InChI=1S/C26H31BrN4O3/c27-17-5-7-23-20(15-17)21(26(33)30-23)16-24-19(18-3-1-2-4-22(18)29-24)6-8-25(32)28-9-10-31-11-13-34-14-12-31/h5,7,15-16,29H,1-4,6,8-14H2,(H,28,32)(H,30,33)/b21-16-. The molecule has 5 rings (SSSR count). The van der Waals surface area contributed by atoms with E-state index < -0.39 is 0 Å². The van der Waals surface area contributed by atoms with Crippen molar-refractivity contribution in [3.05, 3.63) is 50.8 Å². The molecule has 3 heterocycles. The second-order valence-electron chi connectivity index (χ2n) is 9.19. The molecular weight excluding hydrogens is 496 g/mol. The number of amides is 2. The molecule has 1 aromatic heterocycles. The van der Waals surface area contributed by atoms with Crippen LogP contribution in [0.4, 0.5) is 5.69 Å². The zero-order valence-electron chi connectivity index (χ0n) is 19.3. The number of anilines is 1. The maximum atomic E-state index is 12.7. The van der Waals surface area contributed by atoms with Gasteiger partial charge in [-0.1, -0.05) is 15.9 Å². The van der Waals surface area contributed by atoms with Gasteiger partial charge in [0.05, 0.1) is 18.8 Å². The highest BCUT2D eigenvalue weighted by Gasteiger charge is 2.26.